The third kappa shape index (κ3) is 3.71. The molecule has 0 saturated carbocycles. The van der Waals surface area contributed by atoms with E-state index in [9.17, 15) is 13.2 Å². The lowest BCUT2D eigenvalue weighted by Gasteiger charge is -2.26. The molecule has 6 nitrogen and oxygen atoms in total. The largest absolute Gasteiger partial charge is 0.367 e. The zero-order valence-electron chi connectivity index (χ0n) is 16.4. The van der Waals surface area contributed by atoms with Gasteiger partial charge in [0.25, 0.3) is 0 Å². The van der Waals surface area contributed by atoms with E-state index in [1.54, 1.807) is 49.3 Å². The second kappa shape index (κ2) is 8.11. The van der Waals surface area contributed by atoms with E-state index in [1.165, 1.54) is 28.8 Å². The Hall–Kier alpha value is -3.46. The van der Waals surface area contributed by atoms with E-state index in [4.69, 9.17) is 0 Å². The summed E-state index contributed by atoms with van der Waals surface area (Å²) in [6, 6.07) is 12.8. The fourth-order valence-electron chi connectivity index (χ4n) is 3.27. The number of halogens is 3. The summed E-state index contributed by atoms with van der Waals surface area (Å²) in [7, 11) is 3.48. The van der Waals surface area contributed by atoms with Gasteiger partial charge >= 0.3 is 0 Å². The highest BCUT2D eigenvalue weighted by molar-refractivity contribution is 5.60. The third-order valence-electron chi connectivity index (χ3n) is 4.81. The fraction of sp³-hybridized carbons (Fsp3) is 0.190. The second-order valence-electron chi connectivity index (χ2n) is 6.99. The number of benzene rings is 2. The van der Waals surface area contributed by atoms with Crippen LogP contribution in [0.4, 0.5) is 19.0 Å². The summed E-state index contributed by atoms with van der Waals surface area (Å²) in [6.45, 7) is 0.195. The number of nitrogens with zero attached hydrogens (tertiary/aromatic N) is 5. The van der Waals surface area contributed by atoms with E-state index in [-0.39, 0.29) is 23.5 Å². The Morgan fingerprint density at radius 3 is 2.30 bits per heavy atom. The highest BCUT2D eigenvalue weighted by atomic mass is 19.1. The number of rotatable bonds is 6. The van der Waals surface area contributed by atoms with E-state index in [1.807, 2.05) is 0 Å². The maximum atomic E-state index is 14.3. The predicted octanol–water partition coefficient (Wildman–Crippen LogP) is 3.92. The highest BCUT2D eigenvalue weighted by Gasteiger charge is 2.22. The van der Waals surface area contributed by atoms with Crippen LogP contribution in [0.3, 0.4) is 0 Å². The van der Waals surface area contributed by atoms with Crippen LogP contribution in [0.25, 0.3) is 17.0 Å². The van der Waals surface area contributed by atoms with Crippen molar-refractivity contribution in [3.05, 3.63) is 77.6 Å². The summed E-state index contributed by atoms with van der Waals surface area (Å²) in [6.07, 6.45) is 0. The molecule has 30 heavy (non-hydrogen) atoms. The van der Waals surface area contributed by atoms with Crippen LogP contribution >= 0.6 is 0 Å². The van der Waals surface area contributed by atoms with Gasteiger partial charge in [-0.15, -0.1) is 15.3 Å². The molecule has 2 aromatic carbocycles. The zero-order valence-corrected chi connectivity index (χ0v) is 16.4. The van der Waals surface area contributed by atoms with Crippen molar-refractivity contribution in [3.63, 3.8) is 0 Å². The van der Waals surface area contributed by atoms with E-state index in [0.717, 1.165) is 0 Å². The van der Waals surface area contributed by atoms with Crippen LogP contribution in [0.1, 0.15) is 11.6 Å². The van der Waals surface area contributed by atoms with Crippen LogP contribution in [0.5, 0.6) is 0 Å². The van der Waals surface area contributed by atoms with Crippen molar-refractivity contribution in [2.45, 2.75) is 6.04 Å². The van der Waals surface area contributed by atoms with Gasteiger partial charge < -0.3 is 10.2 Å². The summed E-state index contributed by atoms with van der Waals surface area (Å²) in [5.41, 5.74) is 0.699. The quantitative estimate of drug-likeness (QED) is 0.520. The average molecular weight is 412 g/mol. The topological polar surface area (TPSA) is 58.3 Å². The van der Waals surface area contributed by atoms with Gasteiger partial charge in [0.1, 0.15) is 23.3 Å². The van der Waals surface area contributed by atoms with Crippen molar-refractivity contribution in [2.24, 2.45) is 0 Å². The molecule has 4 rings (SSSR count). The SMILES string of the molecule is CN(C)C(CNc1ccc2nnc(-c3ccccc3F)n2n1)c1c(F)cccc1F. The molecule has 0 radical (unpaired) electrons. The Kier molecular flexibility index (Phi) is 5.37. The van der Waals surface area contributed by atoms with Gasteiger partial charge in [-0.2, -0.15) is 4.52 Å². The van der Waals surface area contributed by atoms with E-state index in [2.05, 4.69) is 20.6 Å². The monoisotopic (exact) mass is 412 g/mol. The molecular weight excluding hydrogens is 393 g/mol. The normalized spacial score (nSPS) is 12.5. The first-order chi connectivity index (χ1) is 14.5. The van der Waals surface area contributed by atoms with Crippen LogP contribution in [0.15, 0.2) is 54.6 Å². The average Bonchev–Trinajstić information content (AvgIpc) is 3.13. The Morgan fingerprint density at radius 2 is 1.60 bits per heavy atom. The van der Waals surface area contributed by atoms with E-state index in [0.29, 0.717) is 11.5 Å². The zero-order chi connectivity index (χ0) is 21.3. The fourth-order valence-corrected chi connectivity index (χ4v) is 3.27. The number of likely N-dealkylation sites (N-methyl/N-ethyl adjacent to an activating group) is 1. The Bertz CT molecular complexity index is 1170. The van der Waals surface area contributed by atoms with Crippen molar-refractivity contribution >= 4 is 11.5 Å². The number of nitrogens with one attached hydrogen (secondary N) is 1. The Morgan fingerprint density at radius 1 is 0.900 bits per heavy atom. The lowest BCUT2D eigenvalue weighted by Crippen LogP contribution is -2.29. The molecule has 9 heteroatoms. The number of fused-ring (bicyclic) bond motifs is 1. The van der Waals surface area contributed by atoms with Crippen molar-refractivity contribution in [3.8, 4) is 11.4 Å². The molecule has 4 aromatic rings. The van der Waals surface area contributed by atoms with Crippen LogP contribution < -0.4 is 5.32 Å². The highest BCUT2D eigenvalue weighted by Crippen LogP contribution is 2.25. The molecule has 0 saturated heterocycles. The number of aromatic nitrogens is 4. The molecule has 0 aliphatic heterocycles. The van der Waals surface area contributed by atoms with Crippen LogP contribution in [-0.2, 0) is 0 Å². The molecule has 154 valence electrons. The third-order valence-corrected chi connectivity index (χ3v) is 4.81. The maximum absolute atomic E-state index is 14.3. The number of hydrogen-bond donors (Lipinski definition) is 1. The summed E-state index contributed by atoms with van der Waals surface area (Å²) in [5.74, 6) is -0.965. The molecule has 0 aliphatic carbocycles. The summed E-state index contributed by atoms with van der Waals surface area (Å²) in [4.78, 5) is 1.72. The van der Waals surface area contributed by atoms with Gasteiger partial charge in [0.15, 0.2) is 11.5 Å². The molecule has 1 unspecified atom stereocenters. The minimum absolute atomic E-state index is 0.0209. The summed E-state index contributed by atoms with van der Waals surface area (Å²) >= 11 is 0. The van der Waals surface area contributed by atoms with Crippen molar-refractivity contribution < 1.29 is 13.2 Å². The molecule has 1 atom stereocenters. The Balaban J connectivity index is 1.64. The summed E-state index contributed by atoms with van der Waals surface area (Å²) in [5, 5.41) is 15.6. The molecule has 2 aromatic heterocycles. The van der Waals surface area contributed by atoms with Gasteiger partial charge in [-0.3, -0.25) is 0 Å². The second-order valence-corrected chi connectivity index (χ2v) is 6.99. The lowest BCUT2D eigenvalue weighted by atomic mass is 10.0. The standard InChI is InChI=1S/C21H19F3N6/c1-29(2)17(20-15(23)8-5-9-16(20)24)12-25-18-10-11-19-26-27-21(30(19)28-18)13-6-3-4-7-14(13)22/h3-11,17H,12H2,1-2H3,(H,25,28). The first kappa shape index (κ1) is 19.8. The predicted molar refractivity (Wildman–Crippen MR) is 107 cm³/mol. The molecule has 0 amide bonds. The number of anilines is 1. The Labute approximate surface area is 171 Å². The minimum atomic E-state index is -0.612. The van der Waals surface area contributed by atoms with Crippen LogP contribution in [0, 0.1) is 17.5 Å². The molecule has 0 bridgehead atoms. The molecule has 0 fully saturated rings. The van der Waals surface area contributed by atoms with Gasteiger partial charge in [-0.25, -0.2) is 13.2 Å². The molecule has 0 spiro atoms. The van der Waals surface area contributed by atoms with Crippen molar-refractivity contribution in [1.29, 1.82) is 0 Å². The van der Waals surface area contributed by atoms with E-state index >= 15 is 0 Å². The first-order valence-electron chi connectivity index (χ1n) is 9.27. The summed E-state index contributed by atoms with van der Waals surface area (Å²) < 4.78 is 44.1. The smallest absolute Gasteiger partial charge is 0.188 e. The van der Waals surface area contributed by atoms with Crippen molar-refractivity contribution in [2.75, 3.05) is 26.0 Å². The van der Waals surface area contributed by atoms with Crippen LogP contribution in [-0.4, -0.2) is 45.4 Å². The molecule has 1 N–H and O–H groups in total. The molecule has 0 aliphatic rings. The maximum Gasteiger partial charge on any atom is 0.188 e. The molecule has 2 heterocycles. The van der Waals surface area contributed by atoms with Gasteiger partial charge in [0.05, 0.1) is 11.6 Å². The molecular formula is C21H19F3N6. The van der Waals surface area contributed by atoms with Crippen LogP contribution in [0.2, 0.25) is 0 Å². The van der Waals surface area contributed by atoms with Gasteiger partial charge in [0, 0.05) is 12.1 Å². The van der Waals surface area contributed by atoms with Gasteiger partial charge in [0.2, 0.25) is 0 Å². The first-order valence-corrected chi connectivity index (χ1v) is 9.27. The lowest BCUT2D eigenvalue weighted by molar-refractivity contribution is 0.295. The van der Waals surface area contributed by atoms with Gasteiger partial charge in [-0.1, -0.05) is 18.2 Å². The van der Waals surface area contributed by atoms with E-state index < -0.39 is 23.5 Å². The minimum Gasteiger partial charge on any atom is -0.367 e. The van der Waals surface area contributed by atoms with Crippen molar-refractivity contribution in [1.82, 2.24) is 24.7 Å². The number of hydrogen-bond acceptors (Lipinski definition) is 5. The van der Waals surface area contributed by atoms with Gasteiger partial charge in [-0.05, 0) is 50.5 Å².